The van der Waals surface area contributed by atoms with E-state index in [1.165, 1.54) is 65.5 Å². The van der Waals surface area contributed by atoms with E-state index < -0.39 is 0 Å². The van der Waals surface area contributed by atoms with Gasteiger partial charge in [0.1, 0.15) is 0 Å². The third-order valence-electron chi connectivity index (χ3n) is 10.7. The predicted molar refractivity (Wildman–Crippen MR) is 219 cm³/mol. The van der Waals surface area contributed by atoms with E-state index in [2.05, 4.69) is 191 Å². The number of hydrogen-bond donors (Lipinski definition) is 0. The summed E-state index contributed by atoms with van der Waals surface area (Å²) in [6.07, 6.45) is 1.93. The van der Waals surface area contributed by atoms with Gasteiger partial charge in [0.15, 0.2) is 0 Å². The van der Waals surface area contributed by atoms with E-state index in [9.17, 15) is 0 Å². The fraction of sp³-hybridized carbons (Fsp3) is 0. The molecule has 0 bridgehead atoms. The molecule has 3 heteroatoms. The van der Waals surface area contributed by atoms with Crippen molar-refractivity contribution in [2.45, 2.75) is 0 Å². The van der Waals surface area contributed by atoms with Crippen LogP contribution in [0.2, 0.25) is 0 Å². The molecule has 3 nitrogen and oxygen atoms in total. The summed E-state index contributed by atoms with van der Waals surface area (Å²) in [5.74, 6) is 0. The monoisotopic (exact) mass is 661 g/mol. The molecule has 0 aliphatic rings. The van der Waals surface area contributed by atoms with Crippen molar-refractivity contribution in [3.05, 3.63) is 188 Å². The quantitative estimate of drug-likeness (QED) is 0.172. The van der Waals surface area contributed by atoms with E-state index in [4.69, 9.17) is 4.98 Å². The van der Waals surface area contributed by atoms with E-state index in [-0.39, 0.29) is 0 Å². The van der Waals surface area contributed by atoms with Gasteiger partial charge in [-0.25, -0.2) is 0 Å². The van der Waals surface area contributed by atoms with Crippen LogP contribution >= 0.6 is 0 Å². The summed E-state index contributed by atoms with van der Waals surface area (Å²) in [6.45, 7) is 0. The first-order chi connectivity index (χ1) is 25.8. The Hall–Kier alpha value is -6.97. The molecular formula is C49H31N3. The Morgan fingerprint density at radius 1 is 0.308 bits per heavy atom. The second-order valence-corrected chi connectivity index (χ2v) is 13.5. The van der Waals surface area contributed by atoms with Gasteiger partial charge < -0.3 is 9.13 Å². The molecule has 0 radical (unpaired) electrons. The molecule has 8 aromatic carbocycles. The lowest BCUT2D eigenvalue weighted by Gasteiger charge is -2.17. The van der Waals surface area contributed by atoms with Crippen LogP contribution in [0.1, 0.15) is 0 Å². The van der Waals surface area contributed by atoms with Crippen molar-refractivity contribution in [2.24, 2.45) is 0 Å². The summed E-state index contributed by atoms with van der Waals surface area (Å²) in [5.41, 5.74) is 12.8. The topological polar surface area (TPSA) is 22.8 Å². The highest BCUT2D eigenvalue weighted by molar-refractivity contribution is 6.22. The normalized spacial score (nSPS) is 11.8. The minimum absolute atomic E-state index is 1.01. The molecule has 0 unspecified atom stereocenters. The first kappa shape index (κ1) is 28.8. The van der Waals surface area contributed by atoms with Crippen LogP contribution in [-0.4, -0.2) is 14.1 Å². The van der Waals surface area contributed by atoms with E-state index >= 15 is 0 Å². The number of fused-ring (bicyclic) bond motifs is 8. The van der Waals surface area contributed by atoms with Crippen LogP contribution in [0.4, 0.5) is 0 Å². The molecule has 3 heterocycles. The molecule has 0 saturated carbocycles. The summed E-state index contributed by atoms with van der Waals surface area (Å²) < 4.78 is 4.75. The average molecular weight is 662 g/mol. The Kier molecular flexibility index (Phi) is 6.25. The Morgan fingerprint density at radius 3 is 1.29 bits per heavy atom. The predicted octanol–water partition coefficient (Wildman–Crippen LogP) is 12.9. The third-order valence-corrected chi connectivity index (χ3v) is 10.7. The van der Waals surface area contributed by atoms with Crippen molar-refractivity contribution in [3.63, 3.8) is 0 Å². The van der Waals surface area contributed by atoms with Crippen molar-refractivity contribution in [2.75, 3.05) is 0 Å². The zero-order chi connectivity index (χ0) is 34.2. The van der Waals surface area contributed by atoms with Gasteiger partial charge >= 0.3 is 0 Å². The van der Waals surface area contributed by atoms with Gasteiger partial charge in [-0.15, -0.1) is 0 Å². The Balaban J connectivity index is 1.18. The van der Waals surface area contributed by atoms with Gasteiger partial charge in [0, 0.05) is 50.1 Å². The maximum atomic E-state index is 5.14. The molecule has 242 valence electrons. The third kappa shape index (κ3) is 4.17. The molecule has 0 aliphatic heterocycles. The van der Waals surface area contributed by atoms with Gasteiger partial charge in [-0.1, -0.05) is 115 Å². The fourth-order valence-corrected chi connectivity index (χ4v) is 8.57. The summed E-state index contributed by atoms with van der Waals surface area (Å²) in [4.78, 5) is 5.14. The number of rotatable bonds is 4. The van der Waals surface area contributed by atoms with Crippen LogP contribution in [0.3, 0.4) is 0 Å². The van der Waals surface area contributed by atoms with Gasteiger partial charge in [0.05, 0.1) is 27.6 Å². The first-order valence-corrected chi connectivity index (χ1v) is 17.8. The minimum atomic E-state index is 1.01. The SMILES string of the molecule is c1ccc(-n2c3ccccc3c3cc(-c4c5ccccc5c(-c5ccc6c(c5)c5ccccc5n6-c5ccccc5)c5ncccc45)ccc32)cc1. The number of pyridine rings is 1. The summed E-state index contributed by atoms with van der Waals surface area (Å²) in [7, 11) is 0. The molecule has 0 saturated heterocycles. The molecule has 0 aliphatic carbocycles. The number of hydrogen-bond acceptors (Lipinski definition) is 1. The molecule has 0 spiro atoms. The van der Waals surface area contributed by atoms with Crippen LogP contribution in [-0.2, 0) is 0 Å². The average Bonchev–Trinajstić information content (AvgIpc) is 3.73. The molecule has 0 atom stereocenters. The lowest BCUT2D eigenvalue weighted by molar-refractivity contribution is 1.18. The molecule has 3 aromatic heterocycles. The molecular weight excluding hydrogens is 631 g/mol. The van der Waals surface area contributed by atoms with Crippen molar-refractivity contribution in [1.29, 1.82) is 0 Å². The van der Waals surface area contributed by atoms with Gasteiger partial charge in [-0.05, 0) is 94.2 Å². The van der Waals surface area contributed by atoms with E-state index in [0.717, 1.165) is 33.4 Å². The largest absolute Gasteiger partial charge is 0.309 e. The second kappa shape index (κ2) is 11.3. The lowest BCUT2D eigenvalue weighted by atomic mass is 9.87. The molecule has 0 amide bonds. The van der Waals surface area contributed by atoms with Crippen LogP contribution < -0.4 is 0 Å². The standard InChI is InChI=1S/C49H31N3/c1-3-14-34(15-4-1)51-43-23-11-9-18-36(43)41-30-32(25-27-45(41)51)47-38-20-7-8-21-39(38)48(49-40(47)22-13-29-50-49)33-26-28-46-42(31-33)37-19-10-12-24-44(37)52(46)35-16-5-2-6-17-35/h1-31H. The molecule has 11 aromatic rings. The maximum absolute atomic E-state index is 5.14. The van der Waals surface area contributed by atoms with Crippen LogP contribution in [0.15, 0.2) is 188 Å². The van der Waals surface area contributed by atoms with Crippen molar-refractivity contribution < 1.29 is 0 Å². The van der Waals surface area contributed by atoms with Crippen molar-refractivity contribution in [3.8, 4) is 33.6 Å². The van der Waals surface area contributed by atoms with Crippen molar-refractivity contribution in [1.82, 2.24) is 14.1 Å². The zero-order valence-electron chi connectivity index (χ0n) is 28.2. The Morgan fingerprint density at radius 2 is 0.731 bits per heavy atom. The fourth-order valence-electron chi connectivity index (χ4n) is 8.57. The number of aromatic nitrogens is 3. The summed E-state index contributed by atoms with van der Waals surface area (Å²) >= 11 is 0. The van der Waals surface area contributed by atoms with Crippen LogP contribution in [0.25, 0.3) is 98.9 Å². The van der Waals surface area contributed by atoms with Gasteiger partial charge in [-0.3, -0.25) is 4.98 Å². The Bertz CT molecular complexity index is 2900. The highest BCUT2D eigenvalue weighted by Crippen LogP contribution is 2.45. The van der Waals surface area contributed by atoms with Crippen molar-refractivity contribution >= 4 is 65.3 Å². The number of nitrogens with zero attached hydrogens (tertiary/aromatic N) is 3. The maximum Gasteiger partial charge on any atom is 0.0792 e. The van der Waals surface area contributed by atoms with Gasteiger partial charge in [-0.2, -0.15) is 0 Å². The second-order valence-electron chi connectivity index (χ2n) is 13.5. The van der Waals surface area contributed by atoms with E-state index in [0.29, 0.717) is 0 Å². The summed E-state index contributed by atoms with van der Waals surface area (Å²) in [6, 6.07) is 65.8. The highest BCUT2D eigenvalue weighted by atomic mass is 15.0. The number of benzene rings is 8. The first-order valence-electron chi connectivity index (χ1n) is 17.8. The summed E-state index contributed by atoms with van der Waals surface area (Å²) in [5, 5.41) is 8.52. The zero-order valence-corrected chi connectivity index (χ0v) is 28.2. The highest BCUT2D eigenvalue weighted by Gasteiger charge is 2.21. The van der Waals surface area contributed by atoms with Gasteiger partial charge in [0.25, 0.3) is 0 Å². The van der Waals surface area contributed by atoms with Crippen LogP contribution in [0, 0.1) is 0 Å². The minimum Gasteiger partial charge on any atom is -0.309 e. The lowest BCUT2D eigenvalue weighted by Crippen LogP contribution is -1.94. The van der Waals surface area contributed by atoms with Gasteiger partial charge in [0.2, 0.25) is 0 Å². The Labute approximate surface area is 300 Å². The molecule has 0 fully saturated rings. The number of para-hydroxylation sites is 4. The smallest absolute Gasteiger partial charge is 0.0792 e. The van der Waals surface area contributed by atoms with E-state index in [1.807, 2.05) is 6.20 Å². The van der Waals surface area contributed by atoms with E-state index in [1.54, 1.807) is 0 Å². The van der Waals surface area contributed by atoms with Crippen LogP contribution in [0.5, 0.6) is 0 Å². The molecule has 11 rings (SSSR count). The molecule has 52 heavy (non-hydrogen) atoms. The molecule has 0 N–H and O–H groups in total.